The summed E-state index contributed by atoms with van der Waals surface area (Å²) in [7, 11) is 0. The molecule has 4 rings (SSSR count). The van der Waals surface area contributed by atoms with Gasteiger partial charge in [0, 0.05) is 31.1 Å². The number of carbonyl (C=O) groups excluding carboxylic acids is 1. The van der Waals surface area contributed by atoms with Crippen LogP contribution >= 0.6 is 0 Å². The maximum atomic E-state index is 12.3. The van der Waals surface area contributed by atoms with Crippen molar-refractivity contribution in [1.82, 2.24) is 30.3 Å². The second-order valence-corrected chi connectivity index (χ2v) is 6.63. The first-order valence-corrected chi connectivity index (χ1v) is 8.73. The van der Waals surface area contributed by atoms with Crippen molar-refractivity contribution in [3.8, 4) is 0 Å². The van der Waals surface area contributed by atoms with Crippen molar-refractivity contribution in [3.63, 3.8) is 0 Å². The van der Waals surface area contributed by atoms with E-state index in [4.69, 9.17) is 4.52 Å². The predicted molar refractivity (Wildman–Crippen MR) is 93.8 cm³/mol. The Labute approximate surface area is 150 Å². The molecule has 0 aromatic carbocycles. The van der Waals surface area contributed by atoms with Gasteiger partial charge in [0.2, 0.25) is 5.91 Å². The molecule has 0 bridgehead atoms. The monoisotopic (exact) mass is 355 g/mol. The molecule has 0 radical (unpaired) electrons. The van der Waals surface area contributed by atoms with Gasteiger partial charge in [0.25, 0.3) is 0 Å². The molecule has 9 nitrogen and oxygen atoms in total. The van der Waals surface area contributed by atoms with Crippen LogP contribution in [0, 0.1) is 13.8 Å². The van der Waals surface area contributed by atoms with Gasteiger partial charge in [0.05, 0.1) is 5.69 Å². The Morgan fingerprint density at radius 2 is 2.27 bits per heavy atom. The fourth-order valence-electron chi connectivity index (χ4n) is 3.37. The molecule has 26 heavy (non-hydrogen) atoms. The molecule has 4 heterocycles. The van der Waals surface area contributed by atoms with Crippen molar-refractivity contribution in [2.75, 3.05) is 18.0 Å². The first kappa shape index (κ1) is 16.5. The first-order chi connectivity index (χ1) is 12.6. The van der Waals surface area contributed by atoms with Crippen LogP contribution in [0.4, 0.5) is 5.82 Å². The molecule has 0 aliphatic carbocycles. The summed E-state index contributed by atoms with van der Waals surface area (Å²) in [5, 5.41) is 19.4. The second kappa shape index (κ2) is 6.74. The minimum absolute atomic E-state index is 0.0547. The highest BCUT2D eigenvalue weighted by Crippen LogP contribution is 2.19. The van der Waals surface area contributed by atoms with Crippen molar-refractivity contribution < 1.29 is 9.32 Å². The van der Waals surface area contributed by atoms with Gasteiger partial charge in [-0.2, -0.15) is 4.52 Å². The van der Waals surface area contributed by atoms with Gasteiger partial charge >= 0.3 is 0 Å². The minimum atomic E-state index is 0.0547. The van der Waals surface area contributed by atoms with Gasteiger partial charge in [-0.15, -0.1) is 15.3 Å². The summed E-state index contributed by atoms with van der Waals surface area (Å²) in [6, 6.07) is 3.96. The predicted octanol–water partition coefficient (Wildman–Crippen LogP) is 1.06. The molecule has 1 amide bonds. The summed E-state index contributed by atoms with van der Waals surface area (Å²) in [4.78, 5) is 14.4. The molecular weight excluding hydrogens is 334 g/mol. The van der Waals surface area contributed by atoms with E-state index in [-0.39, 0.29) is 11.9 Å². The molecule has 3 aromatic heterocycles. The largest absolute Gasteiger partial charge is 0.361 e. The Balaban J connectivity index is 1.31. The summed E-state index contributed by atoms with van der Waals surface area (Å²) >= 11 is 0. The number of hydrogen-bond acceptors (Lipinski definition) is 7. The lowest BCUT2D eigenvalue weighted by Crippen LogP contribution is -2.37. The number of carbonyl (C=O) groups is 1. The number of amides is 1. The van der Waals surface area contributed by atoms with Crippen molar-refractivity contribution in [2.45, 2.75) is 39.2 Å². The summed E-state index contributed by atoms with van der Waals surface area (Å²) in [6.45, 7) is 5.38. The van der Waals surface area contributed by atoms with Crippen LogP contribution in [0.5, 0.6) is 0 Å². The van der Waals surface area contributed by atoms with Gasteiger partial charge in [-0.3, -0.25) is 4.79 Å². The summed E-state index contributed by atoms with van der Waals surface area (Å²) < 4.78 is 6.80. The van der Waals surface area contributed by atoms with Gasteiger partial charge in [-0.1, -0.05) is 5.16 Å². The molecule has 136 valence electrons. The van der Waals surface area contributed by atoms with Gasteiger partial charge < -0.3 is 14.7 Å². The normalized spacial score (nSPS) is 17.2. The zero-order chi connectivity index (χ0) is 18.1. The number of hydrogen-bond donors (Lipinski definition) is 1. The highest BCUT2D eigenvalue weighted by atomic mass is 16.5. The van der Waals surface area contributed by atoms with Crippen molar-refractivity contribution in [3.05, 3.63) is 35.5 Å². The summed E-state index contributed by atoms with van der Waals surface area (Å²) in [6.07, 6.45) is 3.57. The minimum Gasteiger partial charge on any atom is -0.361 e. The zero-order valence-electron chi connectivity index (χ0n) is 14.8. The lowest BCUT2D eigenvalue weighted by atomic mass is 10.1. The number of nitrogens with one attached hydrogen (secondary N) is 1. The Kier molecular flexibility index (Phi) is 4.27. The third kappa shape index (κ3) is 3.24. The van der Waals surface area contributed by atoms with E-state index in [1.54, 1.807) is 10.8 Å². The number of anilines is 1. The Hall–Kier alpha value is -2.97. The van der Waals surface area contributed by atoms with E-state index in [0.29, 0.717) is 12.8 Å². The molecule has 0 unspecified atom stereocenters. The molecule has 1 aliphatic heterocycles. The third-order valence-corrected chi connectivity index (χ3v) is 4.81. The van der Waals surface area contributed by atoms with Gasteiger partial charge in [0.15, 0.2) is 5.65 Å². The average Bonchev–Trinajstić information content (AvgIpc) is 3.34. The van der Waals surface area contributed by atoms with Crippen molar-refractivity contribution in [1.29, 1.82) is 0 Å². The first-order valence-electron chi connectivity index (χ1n) is 8.73. The van der Waals surface area contributed by atoms with Crippen LogP contribution in [-0.2, 0) is 11.2 Å². The number of aryl methyl sites for hydroxylation is 2. The molecule has 1 saturated heterocycles. The van der Waals surface area contributed by atoms with Gasteiger partial charge in [-0.05, 0) is 38.8 Å². The van der Waals surface area contributed by atoms with Crippen molar-refractivity contribution in [2.24, 2.45) is 0 Å². The van der Waals surface area contributed by atoms with E-state index in [1.165, 1.54) is 0 Å². The quantitative estimate of drug-likeness (QED) is 0.730. The highest BCUT2D eigenvalue weighted by Gasteiger charge is 2.25. The average molecular weight is 355 g/mol. The van der Waals surface area contributed by atoms with Gasteiger partial charge in [0.1, 0.15) is 17.9 Å². The lowest BCUT2D eigenvalue weighted by molar-refractivity contribution is -0.121. The molecule has 9 heteroatoms. The summed E-state index contributed by atoms with van der Waals surface area (Å²) in [5.74, 6) is 1.71. The maximum absolute atomic E-state index is 12.3. The topological polar surface area (TPSA) is 101 Å². The number of fused-ring (bicyclic) bond motifs is 1. The van der Waals surface area contributed by atoms with E-state index in [1.807, 2.05) is 26.0 Å². The lowest BCUT2D eigenvalue weighted by Gasteiger charge is -2.17. The second-order valence-electron chi connectivity index (χ2n) is 6.63. The van der Waals surface area contributed by atoms with E-state index >= 15 is 0 Å². The van der Waals surface area contributed by atoms with Crippen LogP contribution in [0.1, 0.15) is 29.9 Å². The van der Waals surface area contributed by atoms with Crippen LogP contribution in [0.25, 0.3) is 5.65 Å². The zero-order valence-corrected chi connectivity index (χ0v) is 14.8. The molecule has 1 fully saturated rings. The molecule has 1 atom stereocenters. The van der Waals surface area contributed by atoms with Crippen molar-refractivity contribution >= 4 is 17.4 Å². The van der Waals surface area contributed by atoms with E-state index in [0.717, 1.165) is 48.0 Å². The number of nitrogens with zero attached hydrogens (tertiary/aromatic N) is 6. The Morgan fingerprint density at radius 3 is 3.08 bits per heavy atom. The molecule has 1 aliphatic rings. The van der Waals surface area contributed by atoms with Crippen LogP contribution in [0.3, 0.4) is 0 Å². The van der Waals surface area contributed by atoms with Crippen LogP contribution in [-0.4, -0.2) is 50.0 Å². The van der Waals surface area contributed by atoms with Crippen LogP contribution in [0.15, 0.2) is 23.0 Å². The van der Waals surface area contributed by atoms with Gasteiger partial charge in [-0.25, -0.2) is 0 Å². The van der Waals surface area contributed by atoms with E-state index in [2.05, 4.69) is 30.7 Å². The molecular formula is C17H21N7O2. The Morgan fingerprint density at radius 1 is 1.38 bits per heavy atom. The number of rotatable bonds is 5. The molecule has 3 aromatic rings. The van der Waals surface area contributed by atoms with Crippen LogP contribution in [0.2, 0.25) is 0 Å². The number of aromatic nitrogens is 5. The molecule has 0 spiro atoms. The molecule has 1 N–H and O–H groups in total. The highest BCUT2D eigenvalue weighted by molar-refractivity contribution is 5.76. The SMILES string of the molecule is Cc1noc(C)c1CCC(=O)N[C@H]1CCN(c2ccc3nncn3n2)C1. The van der Waals surface area contributed by atoms with Crippen LogP contribution < -0.4 is 10.2 Å². The fraction of sp³-hybridized carbons (Fsp3) is 0.471. The van der Waals surface area contributed by atoms with E-state index in [9.17, 15) is 4.79 Å². The molecule has 0 saturated carbocycles. The maximum Gasteiger partial charge on any atom is 0.220 e. The standard InChI is InChI=1S/C17H21N7O2/c1-11-14(12(2)26-22-11)3-6-17(25)19-13-7-8-23(9-13)16-5-4-15-20-18-10-24(15)21-16/h4-5,10,13H,3,6-9H2,1-2H3,(H,19,25)/t13-/m0/s1. The van der Waals surface area contributed by atoms with E-state index < -0.39 is 0 Å². The smallest absolute Gasteiger partial charge is 0.220 e. The Bertz CT molecular complexity index is 913. The summed E-state index contributed by atoms with van der Waals surface area (Å²) in [5.41, 5.74) is 2.61. The third-order valence-electron chi connectivity index (χ3n) is 4.81. The fourth-order valence-corrected chi connectivity index (χ4v) is 3.37.